The van der Waals surface area contributed by atoms with Crippen molar-refractivity contribution in [2.75, 3.05) is 14.1 Å². The average molecular weight is 216 g/mol. The number of carbonyl (C=O) groups excluding carboxylic acids is 1. The summed E-state index contributed by atoms with van der Waals surface area (Å²) in [5.41, 5.74) is 2.00. The Kier molecular flexibility index (Phi) is 4.07. The minimum Gasteiger partial charge on any atom is -0.349 e. The van der Waals surface area contributed by atoms with Crippen LogP contribution in [0.5, 0.6) is 0 Å². The highest BCUT2D eigenvalue weighted by molar-refractivity contribution is 5.77. The monoisotopic (exact) mass is 216 g/mol. The first-order valence-electron chi connectivity index (χ1n) is 5.21. The maximum Gasteiger partial charge on any atom is 0.223 e. The van der Waals surface area contributed by atoms with Crippen LogP contribution in [0.2, 0.25) is 0 Å². The van der Waals surface area contributed by atoms with Crippen LogP contribution in [0.25, 0.3) is 0 Å². The molecule has 0 heterocycles. The SMILES string of the molecule is Cc1ccccc1C(C#N)CC(=O)N(C)C. The summed E-state index contributed by atoms with van der Waals surface area (Å²) in [6.45, 7) is 1.96. The van der Waals surface area contributed by atoms with Crippen molar-refractivity contribution in [2.45, 2.75) is 19.3 Å². The number of benzene rings is 1. The molecule has 3 nitrogen and oxygen atoms in total. The Bertz CT molecular complexity index is 418. The number of rotatable bonds is 3. The lowest BCUT2D eigenvalue weighted by Gasteiger charge is -2.15. The molecule has 0 aliphatic heterocycles. The van der Waals surface area contributed by atoms with Crippen molar-refractivity contribution in [3.8, 4) is 6.07 Å². The highest BCUT2D eigenvalue weighted by Gasteiger charge is 2.17. The van der Waals surface area contributed by atoms with Crippen molar-refractivity contribution in [3.05, 3.63) is 35.4 Å². The van der Waals surface area contributed by atoms with E-state index in [1.807, 2.05) is 31.2 Å². The van der Waals surface area contributed by atoms with E-state index in [4.69, 9.17) is 5.26 Å². The molecule has 1 unspecified atom stereocenters. The molecule has 1 aromatic rings. The lowest BCUT2D eigenvalue weighted by Crippen LogP contribution is -2.23. The Morgan fingerprint density at radius 3 is 2.56 bits per heavy atom. The van der Waals surface area contributed by atoms with E-state index < -0.39 is 0 Å². The minimum atomic E-state index is -0.351. The maximum absolute atomic E-state index is 11.6. The van der Waals surface area contributed by atoms with Crippen LogP contribution >= 0.6 is 0 Å². The van der Waals surface area contributed by atoms with Crippen LogP contribution in [0.1, 0.15) is 23.5 Å². The van der Waals surface area contributed by atoms with E-state index in [2.05, 4.69) is 6.07 Å². The highest BCUT2D eigenvalue weighted by atomic mass is 16.2. The smallest absolute Gasteiger partial charge is 0.223 e. The summed E-state index contributed by atoms with van der Waals surface area (Å²) in [5, 5.41) is 9.11. The Balaban J connectivity index is 2.89. The highest BCUT2D eigenvalue weighted by Crippen LogP contribution is 2.22. The number of amides is 1. The van der Waals surface area contributed by atoms with Gasteiger partial charge in [0.2, 0.25) is 5.91 Å². The molecule has 0 aliphatic carbocycles. The van der Waals surface area contributed by atoms with Gasteiger partial charge in [0.25, 0.3) is 0 Å². The first-order valence-corrected chi connectivity index (χ1v) is 5.21. The molecule has 0 spiro atoms. The van der Waals surface area contributed by atoms with Gasteiger partial charge in [0.15, 0.2) is 0 Å². The van der Waals surface area contributed by atoms with E-state index in [0.717, 1.165) is 11.1 Å². The van der Waals surface area contributed by atoms with Gasteiger partial charge < -0.3 is 4.90 Å². The predicted octanol–water partition coefficient (Wildman–Crippen LogP) is 2.08. The van der Waals surface area contributed by atoms with Gasteiger partial charge in [0.1, 0.15) is 0 Å². The third-order valence-electron chi connectivity index (χ3n) is 2.60. The molecule has 0 aliphatic rings. The molecule has 0 bridgehead atoms. The van der Waals surface area contributed by atoms with Gasteiger partial charge in [-0.05, 0) is 18.1 Å². The van der Waals surface area contributed by atoms with Crippen molar-refractivity contribution in [1.82, 2.24) is 4.90 Å². The summed E-state index contributed by atoms with van der Waals surface area (Å²) in [5.74, 6) is -0.370. The zero-order chi connectivity index (χ0) is 12.1. The van der Waals surface area contributed by atoms with E-state index in [9.17, 15) is 4.79 Å². The number of nitriles is 1. The fraction of sp³-hybridized carbons (Fsp3) is 0.385. The first kappa shape index (κ1) is 12.3. The second kappa shape index (κ2) is 5.32. The van der Waals surface area contributed by atoms with E-state index in [1.54, 1.807) is 14.1 Å². The zero-order valence-corrected chi connectivity index (χ0v) is 9.90. The molecule has 1 aromatic carbocycles. The minimum absolute atomic E-state index is 0.0187. The maximum atomic E-state index is 11.6. The van der Waals surface area contributed by atoms with Crippen LogP contribution in [0, 0.1) is 18.3 Å². The Hall–Kier alpha value is -1.82. The quantitative estimate of drug-likeness (QED) is 0.776. The molecule has 84 valence electrons. The van der Waals surface area contributed by atoms with Crippen molar-refractivity contribution >= 4 is 5.91 Å². The average Bonchev–Trinajstić information content (AvgIpc) is 2.26. The van der Waals surface area contributed by atoms with Crippen LogP contribution in [-0.4, -0.2) is 24.9 Å². The number of aryl methyl sites for hydroxylation is 1. The van der Waals surface area contributed by atoms with Gasteiger partial charge in [-0.25, -0.2) is 0 Å². The molecule has 1 atom stereocenters. The van der Waals surface area contributed by atoms with Crippen LogP contribution in [0.4, 0.5) is 0 Å². The molecule has 3 heteroatoms. The predicted molar refractivity (Wildman–Crippen MR) is 62.8 cm³/mol. The van der Waals surface area contributed by atoms with Crippen molar-refractivity contribution in [3.63, 3.8) is 0 Å². The summed E-state index contributed by atoms with van der Waals surface area (Å²) in [6.07, 6.45) is 0.244. The second-order valence-corrected chi connectivity index (χ2v) is 4.03. The summed E-state index contributed by atoms with van der Waals surface area (Å²) in [6, 6.07) is 9.89. The Morgan fingerprint density at radius 2 is 2.06 bits per heavy atom. The van der Waals surface area contributed by atoms with Gasteiger partial charge in [0, 0.05) is 20.5 Å². The molecule has 0 aromatic heterocycles. The van der Waals surface area contributed by atoms with E-state index in [0.29, 0.717) is 0 Å². The van der Waals surface area contributed by atoms with Crippen LogP contribution < -0.4 is 0 Å². The van der Waals surface area contributed by atoms with Gasteiger partial charge in [-0.3, -0.25) is 4.79 Å². The lowest BCUT2D eigenvalue weighted by molar-refractivity contribution is -0.128. The summed E-state index contributed by atoms with van der Waals surface area (Å²) >= 11 is 0. The molecule has 0 N–H and O–H groups in total. The molecule has 1 rings (SSSR count). The third-order valence-corrected chi connectivity index (χ3v) is 2.60. The second-order valence-electron chi connectivity index (χ2n) is 4.03. The van der Waals surface area contributed by atoms with E-state index in [-0.39, 0.29) is 18.2 Å². The van der Waals surface area contributed by atoms with Crippen molar-refractivity contribution in [2.24, 2.45) is 0 Å². The van der Waals surface area contributed by atoms with Gasteiger partial charge in [-0.2, -0.15) is 5.26 Å². The summed E-state index contributed by atoms with van der Waals surface area (Å²) in [4.78, 5) is 13.1. The first-order chi connectivity index (χ1) is 7.56. The largest absolute Gasteiger partial charge is 0.349 e. The molecule has 0 saturated carbocycles. The summed E-state index contributed by atoms with van der Waals surface area (Å²) in [7, 11) is 3.41. The zero-order valence-electron chi connectivity index (χ0n) is 9.90. The molecular formula is C13H16N2O. The van der Waals surface area contributed by atoms with Gasteiger partial charge in [-0.1, -0.05) is 24.3 Å². The number of nitrogens with zero attached hydrogens (tertiary/aromatic N) is 2. The molecule has 0 fully saturated rings. The molecule has 0 radical (unpaired) electrons. The van der Waals surface area contributed by atoms with Crippen LogP contribution in [0.15, 0.2) is 24.3 Å². The molecule has 0 saturated heterocycles. The van der Waals surface area contributed by atoms with E-state index in [1.165, 1.54) is 4.90 Å². The molecule has 1 amide bonds. The standard InChI is InChI=1S/C13H16N2O/c1-10-6-4-5-7-12(10)11(9-14)8-13(16)15(2)3/h4-7,11H,8H2,1-3H3. The fourth-order valence-corrected chi connectivity index (χ4v) is 1.56. The van der Waals surface area contributed by atoms with Crippen molar-refractivity contribution < 1.29 is 4.79 Å². The fourth-order valence-electron chi connectivity index (χ4n) is 1.56. The normalized spacial score (nSPS) is 11.6. The summed E-state index contributed by atoms with van der Waals surface area (Å²) < 4.78 is 0. The lowest BCUT2D eigenvalue weighted by atomic mass is 9.93. The van der Waals surface area contributed by atoms with E-state index >= 15 is 0 Å². The van der Waals surface area contributed by atoms with Crippen molar-refractivity contribution in [1.29, 1.82) is 5.26 Å². The molecular weight excluding hydrogens is 200 g/mol. The van der Waals surface area contributed by atoms with Gasteiger partial charge in [0.05, 0.1) is 12.0 Å². The Morgan fingerprint density at radius 1 is 1.44 bits per heavy atom. The number of carbonyl (C=O) groups is 1. The number of hydrogen-bond donors (Lipinski definition) is 0. The topological polar surface area (TPSA) is 44.1 Å². The van der Waals surface area contributed by atoms with Crippen LogP contribution in [0.3, 0.4) is 0 Å². The number of hydrogen-bond acceptors (Lipinski definition) is 2. The Labute approximate surface area is 96.3 Å². The third kappa shape index (κ3) is 2.83. The van der Waals surface area contributed by atoms with Gasteiger partial charge in [-0.15, -0.1) is 0 Å². The van der Waals surface area contributed by atoms with Gasteiger partial charge >= 0.3 is 0 Å². The molecule has 16 heavy (non-hydrogen) atoms. The van der Waals surface area contributed by atoms with Crippen LogP contribution in [-0.2, 0) is 4.79 Å².